The first-order chi connectivity index (χ1) is 12.8. The van der Waals surface area contributed by atoms with Gasteiger partial charge >= 0.3 is 5.97 Å². The summed E-state index contributed by atoms with van der Waals surface area (Å²) in [6.07, 6.45) is 3.01. The lowest BCUT2D eigenvalue weighted by Crippen LogP contribution is -2.44. The van der Waals surface area contributed by atoms with Crippen LogP contribution in [-0.2, 0) is 9.59 Å². The van der Waals surface area contributed by atoms with Crippen LogP contribution in [0.4, 0.5) is 0 Å². The molecule has 2 rings (SSSR count). The lowest BCUT2D eigenvalue weighted by molar-refractivity contribution is -0.137. The molecule has 9 heteroatoms. The van der Waals surface area contributed by atoms with E-state index in [1.165, 1.54) is 19.2 Å². The average molecular weight is 399 g/mol. The summed E-state index contributed by atoms with van der Waals surface area (Å²) in [4.78, 5) is 36.5. The minimum Gasteiger partial charge on any atom is -0.493 e. The second-order valence-corrected chi connectivity index (χ2v) is 6.73. The zero-order chi connectivity index (χ0) is 20.0. The molecule has 1 aromatic carbocycles. The molecule has 0 radical (unpaired) electrons. The zero-order valence-corrected chi connectivity index (χ0v) is 15.8. The number of carboxylic acids is 1. The van der Waals surface area contributed by atoms with Crippen LogP contribution >= 0.6 is 11.6 Å². The molecule has 8 nitrogen and oxygen atoms in total. The molecule has 0 spiro atoms. The molecular formula is C18H23ClN2O6. The van der Waals surface area contributed by atoms with Gasteiger partial charge in [-0.1, -0.05) is 11.6 Å². The van der Waals surface area contributed by atoms with Gasteiger partial charge in [0.05, 0.1) is 12.1 Å². The highest BCUT2D eigenvalue weighted by molar-refractivity contribution is 6.32. The molecular weight excluding hydrogens is 376 g/mol. The van der Waals surface area contributed by atoms with Gasteiger partial charge in [0.15, 0.2) is 18.1 Å². The van der Waals surface area contributed by atoms with Crippen molar-refractivity contribution < 1.29 is 29.0 Å². The number of nitrogens with zero attached hydrogens (tertiary/aromatic N) is 1. The van der Waals surface area contributed by atoms with Gasteiger partial charge in [-0.15, -0.1) is 0 Å². The van der Waals surface area contributed by atoms with Crippen molar-refractivity contribution >= 4 is 29.4 Å². The number of methoxy groups -OCH3 is 1. The Morgan fingerprint density at radius 2 is 2.07 bits per heavy atom. The number of piperidine rings is 1. The van der Waals surface area contributed by atoms with Gasteiger partial charge in [-0.05, 0) is 37.8 Å². The van der Waals surface area contributed by atoms with E-state index in [1.807, 2.05) is 0 Å². The lowest BCUT2D eigenvalue weighted by Gasteiger charge is -2.36. The highest BCUT2D eigenvalue weighted by atomic mass is 35.5. The molecule has 1 aliphatic heterocycles. The number of carbonyl (C=O) groups excluding carboxylic acids is 2. The molecule has 3 N–H and O–H groups in total. The Labute approximate surface area is 162 Å². The van der Waals surface area contributed by atoms with Crippen LogP contribution in [0.1, 0.15) is 42.5 Å². The fourth-order valence-electron chi connectivity index (χ4n) is 3.15. The van der Waals surface area contributed by atoms with E-state index in [0.717, 1.165) is 19.3 Å². The fourth-order valence-corrected chi connectivity index (χ4v) is 3.42. The van der Waals surface area contributed by atoms with Crippen molar-refractivity contribution in [3.63, 3.8) is 0 Å². The zero-order valence-electron chi connectivity index (χ0n) is 15.1. The first kappa shape index (κ1) is 20.8. The number of hydrogen-bond donors (Lipinski definition) is 2. The van der Waals surface area contributed by atoms with Crippen molar-refractivity contribution in [2.24, 2.45) is 5.73 Å². The van der Waals surface area contributed by atoms with Crippen LogP contribution in [-0.4, -0.2) is 54.1 Å². The van der Waals surface area contributed by atoms with E-state index in [-0.39, 0.29) is 41.5 Å². The molecule has 1 saturated heterocycles. The summed E-state index contributed by atoms with van der Waals surface area (Å²) in [5, 5.41) is 9.05. The van der Waals surface area contributed by atoms with Crippen molar-refractivity contribution in [2.45, 2.75) is 38.1 Å². The van der Waals surface area contributed by atoms with Crippen LogP contribution in [0.15, 0.2) is 12.1 Å². The summed E-state index contributed by atoms with van der Waals surface area (Å²) in [5.74, 6) is -1.44. The minimum atomic E-state index is -0.881. The molecule has 1 aromatic rings. The van der Waals surface area contributed by atoms with Gasteiger partial charge in [-0.3, -0.25) is 14.4 Å². The van der Waals surface area contributed by atoms with Gasteiger partial charge in [0.2, 0.25) is 0 Å². The van der Waals surface area contributed by atoms with E-state index >= 15 is 0 Å². The number of rotatable bonds is 8. The van der Waals surface area contributed by atoms with Crippen LogP contribution in [0.25, 0.3) is 0 Å². The van der Waals surface area contributed by atoms with Gasteiger partial charge in [-0.25, -0.2) is 0 Å². The predicted molar refractivity (Wildman–Crippen MR) is 98.2 cm³/mol. The Hall–Kier alpha value is -2.48. The largest absolute Gasteiger partial charge is 0.493 e. The van der Waals surface area contributed by atoms with E-state index in [1.54, 1.807) is 4.90 Å². The Morgan fingerprint density at radius 3 is 2.70 bits per heavy atom. The minimum absolute atomic E-state index is 0.0123. The number of aliphatic carboxylic acids is 1. The third kappa shape index (κ3) is 5.50. The first-order valence-corrected chi connectivity index (χ1v) is 9.02. The lowest BCUT2D eigenvalue weighted by atomic mass is 9.97. The number of benzene rings is 1. The molecule has 1 heterocycles. The third-order valence-electron chi connectivity index (χ3n) is 4.41. The molecule has 27 heavy (non-hydrogen) atoms. The number of carboxylic acid groups (broad SMARTS) is 1. The second-order valence-electron chi connectivity index (χ2n) is 6.33. The number of halogens is 1. The van der Waals surface area contributed by atoms with Gasteiger partial charge in [0.25, 0.3) is 11.8 Å². The van der Waals surface area contributed by atoms with E-state index in [0.29, 0.717) is 18.5 Å². The Morgan fingerprint density at radius 1 is 1.33 bits per heavy atom. The highest BCUT2D eigenvalue weighted by Gasteiger charge is 2.29. The molecule has 1 aliphatic rings. The normalized spacial score (nSPS) is 16.7. The smallest absolute Gasteiger partial charge is 0.303 e. The maximum atomic E-state index is 13.0. The number of carbonyl (C=O) groups is 3. The van der Waals surface area contributed by atoms with E-state index in [9.17, 15) is 14.4 Å². The predicted octanol–water partition coefficient (Wildman–Crippen LogP) is 2.07. The SMILES string of the molecule is COc1cc(C(=O)N2CCCCC2CCC(=O)O)cc(Cl)c1OCC(N)=O. The second kappa shape index (κ2) is 9.45. The third-order valence-corrected chi connectivity index (χ3v) is 4.70. The van der Waals surface area contributed by atoms with Crippen molar-refractivity contribution in [3.8, 4) is 11.5 Å². The topological polar surface area (TPSA) is 119 Å². The number of primary amides is 1. The van der Waals surface area contributed by atoms with Crippen LogP contribution in [0, 0.1) is 0 Å². The monoisotopic (exact) mass is 398 g/mol. The Balaban J connectivity index is 2.24. The molecule has 0 saturated carbocycles. The Kier molecular flexibility index (Phi) is 7.29. The van der Waals surface area contributed by atoms with Crippen molar-refractivity contribution in [1.29, 1.82) is 0 Å². The first-order valence-electron chi connectivity index (χ1n) is 8.65. The molecule has 2 amide bonds. The van der Waals surface area contributed by atoms with Crippen molar-refractivity contribution in [3.05, 3.63) is 22.7 Å². The summed E-state index contributed by atoms with van der Waals surface area (Å²) in [7, 11) is 1.40. The van der Waals surface area contributed by atoms with Crippen molar-refractivity contribution in [1.82, 2.24) is 4.90 Å². The number of likely N-dealkylation sites (tertiary alicyclic amines) is 1. The molecule has 1 atom stereocenters. The summed E-state index contributed by atoms with van der Waals surface area (Å²) < 4.78 is 10.5. The van der Waals surface area contributed by atoms with Crippen LogP contribution in [0.3, 0.4) is 0 Å². The van der Waals surface area contributed by atoms with E-state index in [4.69, 9.17) is 31.9 Å². The Bertz CT molecular complexity index is 724. The average Bonchev–Trinajstić information content (AvgIpc) is 2.64. The fraction of sp³-hybridized carbons (Fsp3) is 0.500. The molecule has 1 fully saturated rings. The van der Waals surface area contributed by atoms with Crippen molar-refractivity contribution in [2.75, 3.05) is 20.3 Å². The van der Waals surface area contributed by atoms with E-state index < -0.39 is 11.9 Å². The molecule has 148 valence electrons. The van der Waals surface area contributed by atoms with Crippen LogP contribution in [0.5, 0.6) is 11.5 Å². The van der Waals surface area contributed by atoms with Crippen LogP contribution < -0.4 is 15.2 Å². The maximum Gasteiger partial charge on any atom is 0.303 e. The van der Waals surface area contributed by atoms with Crippen LogP contribution in [0.2, 0.25) is 5.02 Å². The maximum absolute atomic E-state index is 13.0. The summed E-state index contributed by atoms with van der Waals surface area (Å²) in [6, 6.07) is 2.82. The number of hydrogen-bond acceptors (Lipinski definition) is 5. The molecule has 0 bridgehead atoms. The van der Waals surface area contributed by atoms with Gasteiger partial charge in [-0.2, -0.15) is 0 Å². The molecule has 0 aliphatic carbocycles. The summed E-state index contributed by atoms with van der Waals surface area (Å²) >= 11 is 6.21. The summed E-state index contributed by atoms with van der Waals surface area (Å²) in [6.45, 7) is 0.190. The molecule has 0 aromatic heterocycles. The number of ether oxygens (including phenoxy) is 2. The highest BCUT2D eigenvalue weighted by Crippen LogP contribution is 2.37. The van der Waals surface area contributed by atoms with E-state index in [2.05, 4.69) is 0 Å². The molecule has 1 unspecified atom stereocenters. The van der Waals surface area contributed by atoms with Gasteiger partial charge < -0.3 is 25.2 Å². The quantitative estimate of drug-likeness (QED) is 0.691. The standard InChI is InChI=1S/C18H23ClN2O6/c1-26-14-9-11(8-13(19)17(14)27-10-15(20)22)18(25)21-7-3-2-4-12(21)5-6-16(23)24/h8-9,12H,2-7,10H2,1H3,(H2,20,22)(H,23,24). The summed E-state index contributed by atoms with van der Waals surface area (Å²) in [5.41, 5.74) is 5.38. The van der Waals surface area contributed by atoms with Gasteiger partial charge in [0.1, 0.15) is 0 Å². The number of nitrogens with two attached hydrogens (primary N) is 1. The number of amides is 2. The van der Waals surface area contributed by atoms with Gasteiger partial charge in [0, 0.05) is 24.6 Å².